The Hall–Kier alpha value is -3.09. The molecule has 3 aromatic rings. The highest BCUT2D eigenvalue weighted by Gasteiger charge is 2.10. The molecule has 142 valence electrons. The number of hydrogen-bond donors (Lipinski definition) is 1. The molecular formula is C20H26N6O. The number of pyridine rings is 1. The number of guanidine groups is 1. The molecule has 0 atom stereocenters. The molecule has 27 heavy (non-hydrogen) atoms. The highest BCUT2D eigenvalue weighted by atomic mass is 16.5. The number of nitrogens with one attached hydrogen (secondary N) is 1. The molecule has 0 unspecified atom stereocenters. The third-order valence-electron chi connectivity index (χ3n) is 4.28. The van der Waals surface area contributed by atoms with Crippen LogP contribution in [0.5, 0.6) is 5.75 Å². The van der Waals surface area contributed by atoms with Crippen LogP contribution in [0.2, 0.25) is 0 Å². The first-order valence-corrected chi connectivity index (χ1v) is 9.13. The van der Waals surface area contributed by atoms with Gasteiger partial charge >= 0.3 is 0 Å². The first-order valence-electron chi connectivity index (χ1n) is 9.13. The lowest BCUT2D eigenvalue weighted by Crippen LogP contribution is -2.38. The maximum absolute atomic E-state index is 5.45. The van der Waals surface area contributed by atoms with Crippen LogP contribution in [0.15, 0.2) is 53.7 Å². The summed E-state index contributed by atoms with van der Waals surface area (Å²) in [6.07, 6.45) is 2.70. The van der Waals surface area contributed by atoms with Crippen LogP contribution in [-0.2, 0) is 13.0 Å². The number of aliphatic imine (C=N–C) groups is 1. The highest BCUT2D eigenvalue weighted by Crippen LogP contribution is 2.18. The minimum Gasteiger partial charge on any atom is -0.496 e. The van der Waals surface area contributed by atoms with Gasteiger partial charge in [0, 0.05) is 44.9 Å². The topological polar surface area (TPSA) is 67.0 Å². The number of para-hydroxylation sites is 1. The second kappa shape index (κ2) is 9.02. The van der Waals surface area contributed by atoms with Gasteiger partial charge < -0.3 is 15.0 Å². The SMILES string of the molecule is CCNC(=NCCc1nnc2ccccn12)N(C)Cc1ccccc1OC. The van der Waals surface area contributed by atoms with E-state index in [1.165, 1.54) is 0 Å². The number of methoxy groups -OCH3 is 1. The van der Waals surface area contributed by atoms with Gasteiger partial charge in [0.2, 0.25) is 0 Å². The summed E-state index contributed by atoms with van der Waals surface area (Å²) in [5.41, 5.74) is 1.98. The number of ether oxygens (including phenoxy) is 1. The summed E-state index contributed by atoms with van der Waals surface area (Å²) in [5, 5.41) is 11.8. The number of aromatic nitrogens is 3. The Morgan fingerprint density at radius 2 is 2.00 bits per heavy atom. The summed E-state index contributed by atoms with van der Waals surface area (Å²) in [4.78, 5) is 6.86. The summed E-state index contributed by atoms with van der Waals surface area (Å²) in [6.45, 7) is 4.22. The number of rotatable bonds is 7. The predicted octanol–water partition coefficient (Wildman–Crippen LogP) is 2.38. The lowest BCUT2D eigenvalue weighted by molar-refractivity contribution is 0.396. The van der Waals surface area contributed by atoms with Gasteiger partial charge in [-0.1, -0.05) is 24.3 Å². The Bertz CT molecular complexity index is 904. The van der Waals surface area contributed by atoms with Gasteiger partial charge in [-0.15, -0.1) is 10.2 Å². The van der Waals surface area contributed by atoms with Crippen molar-refractivity contribution < 1.29 is 4.74 Å². The van der Waals surface area contributed by atoms with E-state index < -0.39 is 0 Å². The maximum Gasteiger partial charge on any atom is 0.193 e. The predicted molar refractivity (Wildman–Crippen MR) is 107 cm³/mol. The molecule has 7 nitrogen and oxygen atoms in total. The molecule has 1 aromatic carbocycles. The zero-order chi connectivity index (χ0) is 19.1. The van der Waals surface area contributed by atoms with Gasteiger partial charge in [-0.25, -0.2) is 0 Å². The van der Waals surface area contributed by atoms with Crippen LogP contribution >= 0.6 is 0 Å². The fourth-order valence-corrected chi connectivity index (χ4v) is 2.96. The Labute approximate surface area is 159 Å². The molecule has 0 fully saturated rings. The van der Waals surface area contributed by atoms with Gasteiger partial charge in [0.15, 0.2) is 11.6 Å². The van der Waals surface area contributed by atoms with E-state index in [4.69, 9.17) is 9.73 Å². The fraction of sp³-hybridized carbons (Fsp3) is 0.350. The van der Waals surface area contributed by atoms with Crippen molar-refractivity contribution in [2.24, 2.45) is 4.99 Å². The number of fused-ring (bicyclic) bond motifs is 1. The van der Waals surface area contributed by atoms with Gasteiger partial charge in [-0.2, -0.15) is 0 Å². The molecule has 0 bridgehead atoms. The lowest BCUT2D eigenvalue weighted by Gasteiger charge is -2.23. The standard InChI is InChI=1S/C20H26N6O/c1-4-21-20(25(2)15-16-9-5-6-10-17(16)27-3)22-13-12-19-24-23-18-11-7-8-14-26(18)19/h5-11,14H,4,12-13,15H2,1-3H3,(H,21,22). The summed E-state index contributed by atoms with van der Waals surface area (Å²) in [6, 6.07) is 13.9. The Kier molecular flexibility index (Phi) is 6.25. The Morgan fingerprint density at radius 1 is 1.19 bits per heavy atom. The second-order valence-corrected chi connectivity index (χ2v) is 6.20. The van der Waals surface area contributed by atoms with Crippen LogP contribution < -0.4 is 10.1 Å². The van der Waals surface area contributed by atoms with Crippen LogP contribution in [0.25, 0.3) is 5.65 Å². The molecule has 0 aliphatic carbocycles. The zero-order valence-electron chi connectivity index (χ0n) is 16.1. The summed E-state index contributed by atoms with van der Waals surface area (Å²) >= 11 is 0. The van der Waals surface area contributed by atoms with Gasteiger partial charge in [-0.05, 0) is 25.1 Å². The summed E-state index contributed by atoms with van der Waals surface area (Å²) in [5.74, 6) is 2.66. The van der Waals surface area contributed by atoms with E-state index in [1.54, 1.807) is 7.11 Å². The molecule has 0 aliphatic rings. The molecular weight excluding hydrogens is 340 g/mol. The number of benzene rings is 1. The molecule has 0 radical (unpaired) electrons. The Morgan fingerprint density at radius 3 is 2.81 bits per heavy atom. The summed E-state index contributed by atoms with van der Waals surface area (Å²) in [7, 11) is 3.72. The third kappa shape index (κ3) is 4.55. The minimum atomic E-state index is 0.633. The van der Waals surface area contributed by atoms with Crippen molar-refractivity contribution in [1.82, 2.24) is 24.8 Å². The van der Waals surface area contributed by atoms with E-state index in [0.717, 1.165) is 41.7 Å². The van der Waals surface area contributed by atoms with Crippen molar-refractivity contribution in [3.05, 3.63) is 60.0 Å². The van der Waals surface area contributed by atoms with Crippen molar-refractivity contribution in [3.8, 4) is 5.75 Å². The molecule has 0 amide bonds. The number of hydrogen-bond acceptors (Lipinski definition) is 4. The second-order valence-electron chi connectivity index (χ2n) is 6.20. The van der Waals surface area contributed by atoms with Crippen LogP contribution in [0.4, 0.5) is 0 Å². The average molecular weight is 366 g/mol. The van der Waals surface area contributed by atoms with Crippen LogP contribution in [0, 0.1) is 0 Å². The highest BCUT2D eigenvalue weighted by molar-refractivity contribution is 5.79. The number of nitrogens with zero attached hydrogens (tertiary/aromatic N) is 5. The van der Waals surface area contributed by atoms with Gasteiger partial charge in [-0.3, -0.25) is 9.39 Å². The first-order chi connectivity index (χ1) is 13.2. The van der Waals surface area contributed by atoms with Crippen molar-refractivity contribution in [2.75, 3.05) is 27.2 Å². The molecule has 0 spiro atoms. The molecule has 1 N–H and O–H groups in total. The van der Waals surface area contributed by atoms with Gasteiger partial charge in [0.05, 0.1) is 7.11 Å². The largest absolute Gasteiger partial charge is 0.496 e. The molecule has 0 saturated heterocycles. The van der Waals surface area contributed by atoms with E-state index in [1.807, 2.05) is 54.0 Å². The molecule has 0 saturated carbocycles. The van der Waals surface area contributed by atoms with Gasteiger partial charge in [0.25, 0.3) is 0 Å². The van der Waals surface area contributed by atoms with E-state index >= 15 is 0 Å². The summed E-state index contributed by atoms with van der Waals surface area (Å²) < 4.78 is 7.45. The average Bonchev–Trinajstić information content (AvgIpc) is 3.11. The van der Waals surface area contributed by atoms with Crippen molar-refractivity contribution >= 4 is 11.6 Å². The monoisotopic (exact) mass is 366 g/mol. The third-order valence-corrected chi connectivity index (χ3v) is 4.28. The van der Waals surface area contributed by atoms with Crippen LogP contribution in [0.3, 0.4) is 0 Å². The van der Waals surface area contributed by atoms with Crippen molar-refractivity contribution in [2.45, 2.75) is 19.9 Å². The maximum atomic E-state index is 5.45. The normalized spacial score (nSPS) is 11.6. The first kappa shape index (κ1) is 18.7. The molecule has 2 aromatic heterocycles. The van der Waals surface area contributed by atoms with Gasteiger partial charge in [0.1, 0.15) is 11.6 Å². The minimum absolute atomic E-state index is 0.633. The Balaban J connectivity index is 1.68. The lowest BCUT2D eigenvalue weighted by atomic mass is 10.2. The smallest absolute Gasteiger partial charge is 0.193 e. The fourth-order valence-electron chi connectivity index (χ4n) is 2.96. The molecule has 7 heteroatoms. The van der Waals surface area contributed by atoms with Crippen molar-refractivity contribution in [1.29, 1.82) is 0 Å². The molecule has 3 rings (SSSR count). The van der Waals surface area contributed by atoms with Crippen LogP contribution in [-0.4, -0.2) is 52.7 Å². The van der Waals surface area contributed by atoms with E-state index in [0.29, 0.717) is 13.1 Å². The van der Waals surface area contributed by atoms with E-state index in [2.05, 4.69) is 33.4 Å². The van der Waals surface area contributed by atoms with E-state index in [-0.39, 0.29) is 0 Å². The molecule has 2 heterocycles. The quantitative estimate of drug-likeness (QED) is 0.514. The van der Waals surface area contributed by atoms with E-state index in [9.17, 15) is 0 Å². The van der Waals surface area contributed by atoms with Crippen LogP contribution in [0.1, 0.15) is 18.3 Å². The molecule has 0 aliphatic heterocycles. The zero-order valence-corrected chi connectivity index (χ0v) is 16.1. The van der Waals surface area contributed by atoms with Crippen molar-refractivity contribution in [3.63, 3.8) is 0 Å².